The Morgan fingerprint density at radius 1 is 0.684 bits per heavy atom. The second-order valence-electron chi connectivity index (χ2n) is 6.21. The summed E-state index contributed by atoms with van der Waals surface area (Å²) in [4.78, 5) is 0. The van der Waals surface area contributed by atoms with Gasteiger partial charge in [0.1, 0.15) is 0 Å². The van der Waals surface area contributed by atoms with E-state index in [2.05, 4.69) is 13.8 Å². The molecule has 0 N–H and O–H groups in total. The van der Waals surface area contributed by atoms with Crippen molar-refractivity contribution in [3.8, 4) is 0 Å². The molecule has 116 valence electrons. The van der Waals surface area contributed by atoms with Gasteiger partial charge in [0.15, 0.2) is 0 Å². The molecule has 1 unspecified atom stereocenters. The van der Waals surface area contributed by atoms with Crippen molar-refractivity contribution in [2.24, 2.45) is 5.92 Å². The van der Waals surface area contributed by atoms with Crippen LogP contribution in [-0.2, 0) is 4.74 Å². The van der Waals surface area contributed by atoms with Gasteiger partial charge in [0.25, 0.3) is 0 Å². The Morgan fingerprint density at radius 3 is 1.63 bits per heavy atom. The first-order valence-electron chi connectivity index (χ1n) is 8.80. The van der Waals surface area contributed by atoms with E-state index in [0.717, 1.165) is 12.5 Å². The van der Waals surface area contributed by atoms with Crippen LogP contribution in [0.3, 0.4) is 0 Å². The van der Waals surface area contributed by atoms with Crippen LogP contribution in [0.2, 0.25) is 0 Å². The average molecular weight is 271 g/mol. The van der Waals surface area contributed by atoms with Crippen LogP contribution in [0, 0.1) is 5.92 Å². The maximum atomic E-state index is 5.12. The van der Waals surface area contributed by atoms with Crippen LogP contribution < -0.4 is 0 Å². The van der Waals surface area contributed by atoms with E-state index in [1.165, 1.54) is 83.5 Å². The number of methoxy groups -OCH3 is 1. The maximum absolute atomic E-state index is 5.12. The van der Waals surface area contributed by atoms with E-state index in [-0.39, 0.29) is 0 Å². The highest BCUT2D eigenvalue weighted by Gasteiger charge is 2.01. The number of rotatable bonds is 15. The molecule has 0 radical (unpaired) electrons. The molecule has 19 heavy (non-hydrogen) atoms. The van der Waals surface area contributed by atoms with Crippen molar-refractivity contribution in [1.82, 2.24) is 0 Å². The van der Waals surface area contributed by atoms with E-state index in [0.29, 0.717) is 0 Å². The minimum atomic E-state index is 0.846. The Balaban J connectivity index is 3.02. The molecule has 0 spiro atoms. The Hall–Kier alpha value is -0.0400. The Kier molecular flexibility index (Phi) is 16.0. The molecule has 0 fully saturated rings. The molecule has 0 amide bonds. The first-order chi connectivity index (χ1) is 9.31. The second kappa shape index (κ2) is 16.0. The summed E-state index contributed by atoms with van der Waals surface area (Å²) in [7, 11) is 1.80. The van der Waals surface area contributed by atoms with Gasteiger partial charge < -0.3 is 4.74 Å². The van der Waals surface area contributed by atoms with Crippen LogP contribution in [0.25, 0.3) is 0 Å². The van der Waals surface area contributed by atoms with Crippen molar-refractivity contribution >= 4 is 0 Å². The predicted octanol–water partition coefficient (Wildman–Crippen LogP) is 6.36. The highest BCUT2D eigenvalue weighted by Crippen LogP contribution is 2.15. The zero-order chi connectivity index (χ0) is 14.2. The zero-order valence-electron chi connectivity index (χ0n) is 13.9. The zero-order valence-corrected chi connectivity index (χ0v) is 13.9. The average Bonchev–Trinajstić information content (AvgIpc) is 2.42. The molecule has 0 saturated heterocycles. The van der Waals surface area contributed by atoms with E-state index in [1.54, 1.807) is 7.11 Å². The molecule has 0 aromatic carbocycles. The number of unbranched alkanes of at least 4 members (excludes halogenated alkanes) is 10. The van der Waals surface area contributed by atoms with Gasteiger partial charge in [0.05, 0.1) is 0 Å². The SMILES string of the molecule is CCCCCCCCCCCCCC(C)CCOC. The van der Waals surface area contributed by atoms with E-state index < -0.39 is 0 Å². The largest absolute Gasteiger partial charge is 0.385 e. The van der Waals surface area contributed by atoms with Crippen molar-refractivity contribution in [2.75, 3.05) is 13.7 Å². The fourth-order valence-corrected chi connectivity index (χ4v) is 2.62. The van der Waals surface area contributed by atoms with Crippen molar-refractivity contribution in [2.45, 2.75) is 97.3 Å². The summed E-state index contributed by atoms with van der Waals surface area (Å²) >= 11 is 0. The van der Waals surface area contributed by atoms with E-state index >= 15 is 0 Å². The van der Waals surface area contributed by atoms with Crippen LogP contribution in [0.4, 0.5) is 0 Å². The summed E-state index contributed by atoms with van der Waals surface area (Å²) in [6, 6.07) is 0. The van der Waals surface area contributed by atoms with Crippen LogP contribution in [0.15, 0.2) is 0 Å². The summed E-state index contributed by atoms with van der Waals surface area (Å²) in [6.45, 7) is 5.57. The Bertz CT molecular complexity index is 156. The monoisotopic (exact) mass is 270 g/mol. The van der Waals surface area contributed by atoms with Gasteiger partial charge in [-0.2, -0.15) is 0 Å². The van der Waals surface area contributed by atoms with Gasteiger partial charge >= 0.3 is 0 Å². The van der Waals surface area contributed by atoms with Gasteiger partial charge in [-0.1, -0.05) is 90.9 Å². The minimum Gasteiger partial charge on any atom is -0.385 e. The molecule has 0 aliphatic rings. The Morgan fingerprint density at radius 2 is 1.16 bits per heavy atom. The van der Waals surface area contributed by atoms with E-state index in [1.807, 2.05) is 0 Å². The smallest absolute Gasteiger partial charge is 0.0464 e. The van der Waals surface area contributed by atoms with Crippen molar-refractivity contribution in [3.05, 3.63) is 0 Å². The molecule has 0 bridgehead atoms. The minimum absolute atomic E-state index is 0.846. The van der Waals surface area contributed by atoms with Crippen LogP contribution in [-0.4, -0.2) is 13.7 Å². The molecule has 0 rings (SSSR count). The lowest BCUT2D eigenvalue weighted by molar-refractivity contribution is 0.177. The van der Waals surface area contributed by atoms with Crippen molar-refractivity contribution in [1.29, 1.82) is 0 Å². The van der Waals surface area contributed by atoms with Gasteiger partial charge in [0.2, 0.25) is 0 Å². The Labute approximate surface area is 122 Å². The molecule has 0 heterocycles. The highest BCUT2D eigenvalue weighted by molar-refractivity contribution is 4.54. The van der Waals surface area contributed by atoms with Gasteiger partial charge in [-0.3, -0.25) is 0 Å². The first kappa shape index (κ1) is 19.0. The normalized spacial score (nSPS) is 12.8. The van der Waals surface area contributed by atoms with E-state index in [4.69, 9.17) is 4.74 Å². The molecule has 1 atom stereocenters. The molecular weight excluding hydrogens is 232 g/mol. The second-order valence-corrected chi connectivity index (χ2v) is 6.21. The molecule has 0 aliphatic carbocycles. The number of hydrogen-bond donors (Lipinski definition) is 0. The lowest BCUT2D eigenvalue weighted by Crippen LogP contribution is -1.99. The maximum Gasteiger partial charge on any atom is 0.0464 e. The number of ether oxygens (including phenoxy) is 1. The van der Waals surface area contributed by atoms with Gasteiger partial charge in [-0.25, -0.2) is 0 Å². The van der Waals surface area contributed by atoms with E-state index in [9.17, 15) is 0 Å². The molecule has 0 aliphatic heterocycles. The lowest BCUT2D eigenvalue weighted by atomic mass is 9.99. The molecule has 1 nitrogen and oxygen atoms in total. The molecule has 1 heteroatoms. The first-order valence-corrected chi connectivity index (χ1v) is 8.80. The van der Waals surface area contributed by atoms with Crippen molar-refractivity contribution in [3.63, 3.8) is 0 Å². The summed E-state index contributed by atoms with van der Waals surface area (Å²) in [6.07, 6.45) is 18.5. The summed E-state index contributed by atoms with van der Waals surface area (Å²) in [5, 5.41) is 0. The van der Waals surface area contributed by atoms with Crippen molar-refractivity contribution < 1.29 is 4.74 Å². The van der Waals surface area contributed by atoms with Gasteiger partial charge in [0, 0.05) is 13.7 Å². The third-order valence-corrected chi connectivity index (χ3v) is 4.12. The fourth-order valence-electron chi connectivity index (χ4n) is 2.62. The fraction of sp³-hybridized carbons (Fsp3) is 1.00. The summed E-state index contributed by atoms with van der Waals surface area (Å²) in [5.41, 5.74) is 0. The number of hydrogen-bond acceptors (Lipinski definition) is 1. The van der Waals surface area contributed by atoms with Gasteiger partial charge in [-0.05, 0) is 12.3 Å². The van der Waals surface area contributed by atoms with Crippen LogP contribution in [0.5, 0.6) is 0 Å². The standard InChI is InChI=1S/C18H38O/c1-4-5-6-7-8-9-10-11-12-13-14-15-18(2)16-17-19-3/h18H,4-17H2,1-3H3. The lowest BCUT2D eigenvalue weighted by Gasteiger charge is -2.10. The third-order valence-electron chi connectivity index (χ3n) is 4.12. The molecule has 0 saturated carbocycles. The predicted molar refractivity (Wildman–Crippen MR) is 86.7 cm³/mol. The molecule has 0 aromatic heterocycles. The summed E-state index contributed by atoms with van der Waals surface area (Å²) in [5.74, 6) is 0.846. The molecular formula is C18H38O. The van der Waals surface area contributed by atoms with Crippen LogP contribution >= 0.6 is 0 Å². The highest BCUT2D eigenvalue weighted by atomic mass is 16.5. The van der Waals surface area contributed by atoms with Crippen LogP contribution in [0.1, 0.15) is 97.3 Å². The third kappa shape index (κ3) is 15.9. The summed E-state index contributed by atoms with van der Waals surface area (Å²) < 4.78 is 5.12. The molecule has 0 aromatic rings. The van der Waals surface area contributed by atoms with Gasteiger partial charge in [-0.15, -0.1) is 0 Å². The quantitative estimate of drug-likeness (QED) is 0.315. The topological polar surface area (TPSA) is 9.23 Å².